The molecule has 1 aromatic heterocycles. The molecule has 19 heavy (non-hydrogen) atoms. The van der Waals surface area contributed by atoms with Crippen molar-refractivity contribution in [2.24, 2.45) is 11.8 Å². The van der Waals surface area contributed by atoms with Crippen LogP contribution in [0, 0.1) is 11.8 Å². The summed E-state index contributed by atoms with van der Waals surface area (Å²) in [4.78, 5) is 13.0. The Balaban J connectivity index is 2.22. The molecule has 0 fully saturated rings. The lowest BCUT2D eigenvalue weighted by Crippen LogP contribution is -2.45. The fraction of sp³-hybridized carbons (Fsp3) is 0.643. The molecule has 0 saturated heterocycles. The van der Waals surface area contributed by atoms with Crippen LogP contribution in [0.3, 0.4) is 0 Å². The van der Waals surface area contributed by atoms with E-state index in [-0.39, 0.29) is 24.6 Å². The van der Waals surface area contributed by atoms with Crippen LogP contribution in [0.15, 0.2) is 17.5 Å². The van der Waals surface area contributed by atoms with E-state index in [1.54, 1.807) is 11.3 Å². The molecule has 4 nitrogen and oxygen atoms in total. The van der Waals surface area contributed by atoms with E-state index in [4.69, 9.17) is 5.11 Å². The normalized spacial score (nSPS) is 15.6. The fourth-order valence-electron chi connectivity index (χ4n) is 1.67. The molecule has 5 heteroatoms. The van der Waals surface area contributed by atoms with Gasteiger partial charge < -0.3 is 15.7 Å². The molecule has 3 atom stereocenters. The summed E-state index contributed by atoms with van der Waals surface area (Å²) in [5.41, 5.74) is 0. The molecule has 1 heterocycles. The van der Waals surface area contributed by atoms with Gasteiger partial charge in [-0.05, 0) is 36.6 Å². The molecule has 0 radical (unpaired) electrons. The van der Waals surface area contributed by atoms with Crippen molar-refractivity contribution in [3.8, 4) is 0 Å². The third kappa shape index (κ3) is 6.07. The molecule has 3 unspecified atom stereocenters. The highest BCUT2D eigenvalue weighted by atomic mass is 32.1. The van der Waals surface area contributed by atoms with Crippen molar-refractivity contribution < 1.29 is 9.90 Å². The van der Waals surface area contributed by atoms with Gasteiger partial charge in [-0.2, -0.15) is 0 Å². The Kier molecular flexibility index (Phi) is 6.87. The van der Waals surface area contributed by atoms with Crippen molar-refractivity contribution in [2.75, 3.05) is 13.2 Å². The SMILES string of the molecule is CC(CNC(=O)NC(C)C(C)CO)Cc1cccs1. The zero-order valence-corrected chi connectivity index (χ0v) is 12.7. The summed E-state index contributed by atoms with van der Waals surface area (Å²) < 4.78 is 0. The van der Waals surface area contributed by atoms with Crippen LogP contribution in [-0.4, -0.2) is 30.3 Å². The van der Waals surface area contributed by atoms with Crippen molar-refractivity contribution in [3.63, 3.8) is 0 Å². The molecule has 0 aliphatic rings. The largest absolute Gasteiger partial charge is 0.396 e. The summed E-state index contributed by atoms with van der Waals surface area (Å²) in [5, 5.41) is 16.8. The molecule has 2 amide bonds. The van der Waals surface area contributed by atoms with E-state index in [0.29, 0.717) is 12.5 Å². The predicted octanol–water partition coefficient (Wildman–Crippen LogP) is 2.24. The van der Waals surface area contributed by atoms with E-state index < -0.39 is 0 Å². The van der Waals surface area contributed by atoms with E-state index in [9.17, 15) is 4.79 Å². The van der Waals surface area contributed by atoms with Crippen LogP contribution in [0.1, 0.15) is 25.6 Å². The van der Waals surface area contributed by atoms with Crippen LogP contribution in [-0.2, 0) is 6.42 Å². The van der Waals surface area contributed by atoms with E-state index in [1.165, 1.54) is 4.88 Å². The lowest BCUT2D eigenvalue weighted by Gasteiger charge is -2.20. The molecule has 0 aliphatic carbocycles. The number of hydrogen-bond acceptors (Lipinski definition) is 3. The third-order valence-corrected chi connectivity index (χ3v) is 4.14. The van der Waals surface area contributed by atoms with Gasteiger partial charge in [-0.25, -0.2) is 4.79 Å². The maximum atomic E-state index is 11.7. The van der Waals surface area contributed by atoms with Crippen molar-refractivity contribution in [1.29, 1.82) is 0 Å². The monoisotopic (exact) mass is 284 g/mol. The highest BCUT2D eigenvalue weighted by molar-refractivity contribution is 7.09. The molecular formula is C14H24N2O2S. The second kappa shape index (κ2) is 8.17. The minimum Gasteiger partial charge on any atom is -0.396 e. The average Bonchev–Trinajstić information content (AvgIpc) is 2.88. The van der Waals surface area contributed by atoms with E-state index in [2.05, 4.69) is 29.0 Å². The number of aliphatic hydroxyl groups is 1. The number of aliphatic hydroxyl groups excluding tert-OH is 1. The zero-order chi connectivity index (χ0) is 14.3. The van der Waals surface area contributed by atoms with Crippen LogP contribution in [0.5, 0.6) is 0 Å². The van der Waals surface area contributed by atoms with Gasteiger partial charge in [-0.1, -0.05) is 19.9 Å². The molecule has 0 aromatic carbocycles. The first-order chi connectivity index (χ1) is 9.02. The minimum absolute atomic E-state index is 0.0300. The Labute approximate surface area is 119 Å². The number of nitrogens with one attached hydrogen (secondary N) is 2. The van der Waals surface area contributed by atoms with Gasteiger partial charge in [0.25, 0.3) is 0 Å². The summed E-state index contributed by atoms with van der Waals surface area (Å²) in [7, 11) is 0. The Bertz CT molecular complexity index is 368. The Hall–Kier alpha value is -1.07. The van der Waals surface area contributed by atoms with E-state index in [1.807, 2.05) is 19.9 Å². The number of rotatable bonds is 7. The molecular weight excluding hydrogens is 260 g/mol. The van der Waals surface area contributed by atoms with Crippen molar-refractivity contribution in [2.45, 2.75) is 33.2 Å². The van der Waals surface area contributed by atoms with Crippen LogP contribution in [0.2, 0.25) is 0 Å². The maximum absolute atomic E-state index is 11.7. The number of carbonyl (C=O) groups excluding carboxylic acids is 1. The summed E-state index contributed by atoms with van der Waals surface area (Å²) in [6.07, 6.45) is 0.987. The van der Waals surface area contributed by atoms with Crippen molar-refractivity contribution in [3.05, 3.63) is 22.4 Å². The molecule has 3 N–H and O–H groups in total. The molecule has 1 aromatic rings. The average molecular weight is 284 g/mol. The first-order valence-electron chi connectivity index (χ1n) is 6.70. The predicted molar refractivity (Wildman–Crippen MR) is 79.4 cm³/mol. The maximum Gasteiger partial charge on any atom is 0.315 e. The smallest absolute Gasteiger partial charge is 0.315 e. The first kappa shape index (κ1) is 16.0. The van der Waals surface area contributed by atoms with Crippen LogP contribution in [0.4, 0.5) is 4.79 Å². The van der Waals surface area contributed by atoms with Gasteiger partial charge in [0.1, 0.15) is 0 Å². The van der Waals surface area contributed by atoms with Crippen molar-refractivity contribution >= 4 is 17.4 Å². The molecule has 0 saturated carbocycles. The van der Waals surface area contributed by atoms with Gasteiger partial charge >= 0.3 is 6.03 Å². The third-order valence-electron chi connectivity index (χ3n) is 3.24. The minimum atomic E-state index is -0.161. The van der Waals surface area contributed by atoms with E-state index in [0.717, 1.165) is 6.42 Å². The van der Waals surface area contributed by atoms with Gasteiger partial charge in [0.2, 0.25) is 0 Å². The lowest BCUT2D eigenvalue weighted by molar-refractivity contribution is 0.200. The summed E-state index contributed by atoms with van der Waals surface area (Å²) in [6, 6.07) is 3.97. The van der Waals surface area contributed by atoms with Crippen LogP contribution >= 0.6 is 11.3 Å². The summed E-state index contributed by atoms with van der Waals surface area (Å²) in [6.45, 7) is 6.67. The van der Waals surface area contributed by atoms with Gasteiger partial charge in [0.15, 0.2) is 0 Å². The Morgan fingerprint density at radius 3 is 2.74 bits per heavy atom. The highest BCUT2D eigenvalue weighted by Gasteiger charge is 2.14. The number of hydrogen-bond donors (Lipinski definition) is 3. The fourth-order valence-corrected chi connectivity index (χ4v) is 2.54. The lowest BCUT2D eigenvalue weighted by atomic mass is 10.1. The number of amides is 2. The second-order valence-corrected chi connectivity index (χ2v) is 6.22. The Morgan fingerprint density at radius 2 is 2.16 bits per heavy atom. The zero-order valence-electron chi connectivity index (χ0n) is 11.8. The number of urea groups is 1. The Morgan fingerprint density at radius 1 is 1.42 bits per heavy atom. The number of carbonyl (C=O) groups is 1. The van der Waals surface area contributed by atoms with Crippen LogP contribution in [0.25, 0.3) is 0 Å². The molecule has 0 aliphatic heterocycles. The van der Waals surface area contributed by atoms with Gasteiger partial charge in [0.05, 0.1) is 0 Å². The van der Waals surface area contributed by atoms with Gasteiger partial charge in [-0.3, -0.25) is 0 Å². The van der Waals surface area contributed by atoms with Gasteiger partial charge in [-0.15, -0.1) is 11.3 Å². The standard InChI is InChI=1S/C14H24N2O2S/c1-10(7-13-5-4-6-19-13)8-15-14(18)16-12(3)11(2)9-17/h4-6,10-12,17H,7-9H2,1-3H3,(H2,15,16,18). The molecule has 1 rings (SSSR count). The second-order valence-electron chi connectivity index (χ2n) is 5.19. The van der Waals surface area contributed by atoms with E-state index >= 15 is 0 Å². The summed E-state index contributed by atoms with van der Waals surface area (Å²) in [5.74, 6) is 0.476. The van der Waals surface area contributed by atoms with Crippen LogP contribution < -0.4 is 10.6 Å². The molecule has 0 spiro atoms. The highest BCUT2D eigenvalue weighted by Crippen LogP contribution is 2.13. The molecule has 0 bridgehead atoms. The number of thiophene rings is 1. The quantitative estimate of drug-likeness (QED) is 0.719. The van der Waals surface area contributed by atoms with Crippen molar-refractivity contribution in [1.82, 2.24) is 10.6 Å². The summed E-state index contributed by atoms with van der Waals surface area (Å²) >= 11 is 1.75. The topological polar surface area (TPSA) is 61.4 Å². The van der Waals surface area contributed by atoms with Gasteiger partial charge in [0, 0.05) is 24.1 Å². The first-order valence-corrected chi connectivity index (χ1v) is 7.58. The molecule has 108 valence electrons.